The first-order valence-electron chi connectivity index (χ1n) is 6.78. The molecule has 0 amide bonds. The first kappa shape index (κ1) is 13.5. The first-order chi connectivity index (χ1) is 10.3. The molecule has 0 spiro atoms. The number of nitrogens with zero attached hydrogens (tertiary/aromatic N) is 1. The Morgan fingerprint density at radius 2 is 1.86 bits per heavy atom. The van der Waals surface area contributed by atoms with Crippen LogP contribution in [0.25, 0.3) is 10.9 Å². The number of aromatic nitrogens is 1. The van der Waals surface area contributed by atoms with Crippen molar-refractivity contribution in [1.82, 2.24) is 4.57 Å². The Balaban J connectivity index is 1.71. The van der Waals surface area contributed by atoms with E-state index in [0.29, 0.717) is 24.7 Å². The summed E-state index contributed by atoms with van der Waals surface area (Å²) in [6.07, 6.45) is 1.94. The predicted molar refractivity (Wildman–Crippen MR) is 80.4 cm³/mol. The SMILES string of the molecule is COc1ccccc1OCCn1ccc2ccc(F)cc21. The van der Waals surface area contributed by atoms with E-state index in [2.05, 4.69) is 0 Å². The molecule has 0 N–H and O–H groups in total. The van der Waals surface area contributed by atoms with Gasteiger partial charge in [0.05, 0.1) is 19.2 Å². The van der Waals surface area contributed by atoms with Crippen LogP contribution in [0.1, 0.15) is 0 Å². The largest absolute Gasteiger partial charge is 0.493 e. The van der Waals surface area contributed by atoms with Crippen LogP contribution < -0.4 is 9.47 Å². The molecule has 3 aromatic rings. The van der Waals surface area contributed by atoms with Crippen molar-refractivity contribution in [3.8, 4) is 11.5 Å². The molecular formula is C17H16FNO2. The van der Waals surface area contributed by atoms with Crippen molar-refractivity contribution in [2.45, 2.75) is 6.54 Å². The molecule has 4 heteroatoms. The Labute approximate surface area is 122 Å². The summed E-state index contributed by atoms with van der Waals surface area (Å²) in [6.45, 7) is 1.13. The van der Waals surface area contributed by atoms with Gasteiger partial charge in [-0.3, -0.25) is 0 Å². The Kier molecular flexibility index (Phi) is 3.77. The van der Waals surface area contributed by atoms with Gasteiger partial charge in [-0.05, 0) is 41.8 Å². The second-order valence-corrected chi connectivity index (χ2v) is 4.71. The lowest BCUT2D eigenvalue weighted by atomic mass is 10.2. The van der Waals surface area contributed by atoms with Crippen molar-refractivity contribution in [2.75, 3.05) is 13.7 Å². The smallest absolute Gasteiger partial charge is 0.161 e. The molecule has 21 heavy (non-hydrogen) atoms. The van der Waals surface area contributed by atoms with Gasteiger partial charge in [-0.15, -0.1) is 0 Å². The third-order valence-electron chi connectivity index (χ3n) is 3.39. The lowest BCUT2D eigenvalue weighted by Crippen LogP contribution is -2.07. The quantitative estimate of drug-likeness (QED) is 0.710. The van der Waals surface area contributed by atoms with Crippen LogP contribution in [0.3, 0.4) is 0 Å². The van der Waals surface area contributed by atoms with E-state index in [0.717, 1.165) is 10.9 Å². The lowest BCUT2D eigenvalue weighted by molar-refractivity contribution is 0.281. The monoisotopic (exact) mass is 285 g/mol. The minimum absolute atomic E-state index is 0.229. The molecule has 108 valence electrons. The third-order valence-corrected chi connectivity index (χ3v) is 3.39. The van der Waals surface area contributed by atoms with E-state index in [-0.39, 0.29) is 5.82 Å². The summed E-state index contributed by atoms with van der Waals surface area (Å²) < 4.78 is 26.3. The van der Waals surface area contributed by atoms with Crippen molar-refractivity contribution in [3.05, 3.63) is 60.5 Å². The van der Waals surface area contributed by atoms with Gasteiger partial charge in [0.25, 0.3) is 0 Å². The molecule has 0 aliphatic heterocycles. The van der Waals surface area contributed by atoms with E-state index in [1.54, 1.807) is 19.2 Å². The normalized spacial score (nSPS) is 10.8. The topological polar surface area (TPSA) is 23.4 Å². The van der Waals surface area contributed by atoms with Gasteiger partial charge in [0.2, 0.25) is 0 Å². The molecule has 1 aromatic heterocycles. The Bertz CT molecular complexity index is 751. The molecule has 0 bridgehead atoms. The summed E-state index contributed by atoms with van der Waals surface area (Å²) in [7, 11) is 1.62. The molecule has 0 saturated heterocycles. The molecule has 0 fully saturated rings. The number of benzene rings is 2. The van der Waals surface area contributed by atoms with E-state index in [1.165, 1.54) is 6.07 Å². The Morgan fingerprint density at radius 1 is 1.05 bits per heavy atom. The average Bonchev–Trinajstić information content (AvgIpc) is 2.90. The number of rotatable bonds is 5. The Morgan fingerprint density at radius 3 is 2.67 bits per heavy atom. The summed E-state index contributed by atoms with van der Waals surface area (Å²) >= 11 is 0. The van der Waals surface area contributed by atoms with Gasteiger partial charge in [-0.2, -0.15) is 0 Å². The highest BCUT2D eigenvalue weighted by atomic mass is 19.1. The molecule has 3 rings (SSSR count). The minimum atomic E-state index is -0.229. The van der Waals surface area contributed by atoms with Crippen LogP contribution in [0.15, 0.2) is 54.7 Å². The van der Waals surface area contributed by atoms with E-state index in [9.17, 15) is 4.39 Å². The fraction of sp³-hybridized carbons (Fsp3) is 0.176. The van der Waals surface area contributed by atoms with E-state index in [4.69, 9.17) is 9.47 Å². The van der Waals surface area contributed by atoms with Crippen LogP contribution in [0.4, 0.5) is 4.39 Å². The molecule has 1 heterocycles. The highest BCUT2D eigenvalue weighted by molar-refractivity contribution is 5.80. The molecule has 0 saturated carbocycles. The highest BCUT2D eigenvalue weighted by Gasteiger charge is 2.05. The summed E-state index contributed by atoms with van der Waals surface area (Å²) in [6, 6.07) is 14.3. The predicted octanol–water partition coefficient (Wildman–Crippen LogP) is 3.87. The molecule has 0 aliphatic rings. The number of fused-ring (bicyclic) bond motifs is 1. The second kappa shape index (κ2) is 5.87. The van der Waals surface area contributed by atoms with Crippen LogP contribution in [0.5, 0.6) is 11.5 Å². The van der Waals surface area contributed by atoms with Crippen molar-refractivity contribution >= 4 is 10.9 Å². The molecule has 3 nitrogen and oxygen atoms in total. The summed E-state index contributed by atoms with van der Waals surface area (Å²) in [5, 5.41) is 1.02. The summed E-state index contributed by atoms with van der Waals surface area (Å²) in [5.74, 6) is 1.19. The van der Waals surface area contributed by atoms with Crippen LogP contribution >= 0.6 is 0 Å². The van der Waals surface area contributed by atoms with Crippen molar-refractivity contribution in [1.29, 1.82) is 0 Å². The van der Waals surface area contributed by atoms with Crippen LogP contribution in [-0.2, 0) is 6.54 Å². The molecule has 0 radical (unpaired) electrons. The third kappa shape index (κ3) is 2.84. The average molecular weight is 285 g/mol. The standard InChI is InChI=1S/C17H16FNO2/c1-20-16-4-2-3-5-17(16)21-11-10-19-9-8-13-6-7-14(18)12-15(13)19/h2-9,12H,10-11H2,1H3. The molecular weight excluding hydrogens is 269 g/mol. The lowest BCUT2D eigenvalue weighted by Gasteiger charge is -2.11. The zero-order valence-electron chi connectivity index (χ0n) is 11.8. The van der Waals surface area contributed by atoms with Gasteiger partial charge in [0, 0.05) is 6.20 Å². The van der Waals surface area contributed by atoms with Gasteiger partial charge in [0.1, 0.15) is 12.4 Å². The number of halogens is 1. The highest BCUT2D eigenvalue weighted by Crippen LogP contribution is 2.25. The van der Waals surface area contributed by atoms with Gasteiger partial charge in [-0.1, -0.05) is 12.1 Å². The van der Waals surface area contributed by atoms with Crippen LogP contribution in [0.2, 0.25) is 0 Å². The molecule has 2 aromatic carbocycles. The van der Waals surface area contributed by atoms with Crippen LogP contribution in [-0.4, -0.2) is 18.3 Å². The molecule has 0 unspecified atom stereocenters. The number of ether oxygens (including phenoxy) is 2. The number of hydrogen-bond acceptors (Lipinski definition) is 2. The maximum absolute atomic E-state index is 13.3. The second-order valence-electron chi connectivity index (χ2n) is 4.71. The van der Waals surface area contributed by atoms with Crippen molar-refractivity contribution in [2.24, 2.45) is 0 Å². The van der Waals surface area contributed by atoms with Crippen molar-refractivity contribution in [3.63, 3.8) is 0 Å². The van der Waals surface area contributed by atoms with Gasteiger partial charge >= 0.3 is 0 Å². The number of methoxy groups -OCH3 is 1. The summed E-state index contributed by atoms with van der Waals surface area (Å²) in [5.41, 5.74) is 0.874. The minimum Gasteiger partial charge on any atom is -0.493 e. The zero-order chi connectivity index (χ0) is 14.7. The maximum atomic E-state index is 13.3. The van der Waals surface area contributed by atoms with Gasteiger partial charge in [-0.25, -0.2) is 4.39 Å². The fourth-order valence-electron chi connectivity index (χ4n) is 2.34. The first-order valence-corrected chi connectivity index (χ1v) is 6.78. The van der Waals surface area contributed by atoms with E-state index in [1.807, 2.05) is 41.1 Å². The van der Waals surface area contributed by atoms with E-state index >= 15 is 0 Å². The number of hydrogen-bond donors (Lipinski definition) is 0. The van der Waals surface area contributed by atoms with E-state index < -0.39 is 0 Å². The van der Waals surface area contributed by atoms with Gasteiger partial charge < -0.3 is 14.0 Å². The van der Waals surface area contributed by atoms with Gasteiger partial charge in [0.15, 0.2) is 11.5 Å². The van der Waals surface area contributed by atoms with Crippen LogP contribution in [0, 0.1) is 5.82 Å². The summed E-state index contributed by atoms with van der Waals surface area (Å²) in [4.78, 5) is 0. The van der Waals surface area contributed by atoms with Crippen molar-refractivity contribution < 1.29 is 13.9 Å². The Hall–Kier alpha value is -2.49. The maximum Gasteiger partial charge on any atom is 0.161 e. The molecule has 0 aliphatic carbocycles. The zero-order valence-corrected chi connectivity index (χ0v) is 11.8. The number of para-hydroxylation sites is 2. The molecule has 0 atom stereocenters. The fourth-order valence-corrected chi connectivity index (χ4v) is 2.34.